The molecule has 1 heterocycles. The number of nitrogens with zero attached hydrogens (tertiary/aromatic N) is 1. The van der Waals surface area contributed by atoms with E-state index in [2.05, 4.69) is 10.3 Å². The second-order valence-electron chi connectivity index (χ2n) is 7.01. The van der Waals surface area contributed by atoms with Crippen LogP contribution in [0.5, 0.6) is 0 Å². The molecule has 0 radical (unpaired) electrons. The molecule has 120 valence electrons. The SMILES string of the molecule is Cc1ccc2cccc(C(=O)NC3C4CCC(C4)C3CO)c2n1. The summed E-state index contributed by atoms with van der Waals surface area (Å²) in [6.07, 6.45) is 3.50. The lowest BCUT2D eigenvalue weighted by atomic mass is 9.85. The number of amides is 1. The summed E-state index contributed by atoms with van der Waals surface area (Å²) in [6.45, 7) is 2.10. The summed E-state index contributed by atoms with van der Waals surface area (Å²) in [5.41, 5.74) is 2.30. The number of carbonyl (C=O) groups excluding carboxylic acids is 1. The lowest BCUT2D eigenvalue weighted by molar-refractivity contribution is 0.0863. The van der Waals surface area contributed by atoms with E-state index < -0.39 is 0 Å². The van der Waals surface area contributed by atoms with E-state index in [9.17, 15) is 9.90 Å². The molecule has 2 aliphatic carbocycles. The number of rotatable bonds is 3. The van der Waals surface area contributed by atoms with E-state index >= 15 is 0 Å². The van der Waals surface area contributed by atoms with Crippen LogP contribution in [0.2, 0.25) is 0 Å². The molecule has 4 heteroatoms. The van der Waals surface area contributed by atoms with Crippen molar-refractivity contribution in [2.45, 2.75) is 32.2 Å². The Kier molecular flexibility index (Phi) is 3.57. The zero-order valence-electron chi connectivity index (χ0n) is 13.3. The van der Waals surface area contributed by atoms with E-state index in [1.54, 1.807) is 0 Å². The Morgan fingerprint density at radius 3 is 2.91 bits per heavy atom. The van der Waals surface area contributed by atoms with Crippen molar-refractivity contribution >= 4 is 16.8 Å². The molecule has 4 unspecified atom stereocenters. The number of nitrogens with one attached hydrogen (secondary N) is 1. The number of carbonyl (C=O) groups is 1. The molecule has 1 amide bonds. The highest BCUT2D eigenvalue weighted by Gasteiger charge is 2.47. The Morgan fingerprint density at radius 1 is 1.26 bits per heavy atom. The second kappa shape index (κ2) is 5.60. The summed E-state index contributed by atoms with van der Waals surface area (Å²) in [5, 5.41) is 13.9. The maximum atomic E-state index is 12.8. The zero-order chi connectivity index (χ0) is 16.0. The Morgan fingerprint density at radius 2 is 2.09 bits per heavy atom. The summed E-state index contributed by atoms with van der Waals surface area (Å²) in [5.74, 6) is 1.24. The first-order valence-electron chi connectivity index (χ1n) is 8.45. The highest BCUT2D eigenvalue weighted by molar-refractivity contribution is 6.05. The van der Waals surface area contributed by atoms with Gasteiger partial charge in [0.2, 0.25) is 0 Å². The van der Waals surface area contributed by atoms with Gasteiger partial charge in [0.15, 0.2) is 0 Å². The number of benzene rings is 1. The molecule has 0 aliphatic heterocycles. The molecule has 2 bridgehead atoms. The third kappa shape index (κ3) is 2.41. The Labute approximate surface area is 135 Å². The van der Waals surface area contributed by atoms with Gasteiger partial charge in [0, 0.05) is 29.6 Å². The standard InChI is InChI=1S/C19H22N2O2/c1-11-5-6-12-3-2-4-15(17(12)20-11)19(23)21-18-14-8-7-13(9-14)16(18)10-22/h2-6,13-14,16,18,22H,7-10H2,1H3,(H,21,23). The Balaban J connectivity index is 1.64. The van der Waals surface area contributed by atoms with Gasteiger partial charge in [-0.3, -0.25) is 9.78 Å². The Bertz CT molecular complexity index is 758. The average Bonchev–Trinajstić information content (AvgIpc) is 3.15. The smallest absolute Gasteiger partial charge is 0.253 e. The molecular formula is C19H22N2O2. The van der Waals surface area contributed by atoms with Gasteiger partial charge in [0.05, 0.1) is 11.1 Å². The quantitative estimate of drug-likeness (QED) is 0.916. The molecule has 4 nitrogen and oxygen atoms in total. The number of para-hydroxylation sites is 1. The first-order chi connectivity index (χ1) is 11.2. The molecular weight excluding hydrogens is 288 g/mol. The van der Waals surface area contributed by atoms with Crippen LogP contribution in [0.4, 0.5) is 0 Å². The van der Waals surface area contributed by atoms with Crippen LogP contribution >= 0.6 is 0 Å². The number of aromatic nitrogens is 1. The van der Waals surface area contributed by atoms with Crippen molar-refractivity contribution in [2.24, 2.45) is 17.8 Å². The monoisotopic (exact) mass is 310 g/mol. The predicted molar refractivity (Wildman–Crippen MR) is 89.1 cm³/mol. The molecule has 4 rings (SSSR count). The summed E-state index contributed by atoms with van der Waals surface area (Å²) >= 11 is 0. The van der Waals surface area contributed by atoms with Gasteiger partial charge in [-0.25, -0.2) is 0 Å². The van der Waals surface area contributed by atoms with Crippen LogP contribution in [0.1, 0.15) is 35.3 Å². The van der Waals surface area contributed by atoms with Crippen LogP contribution in [0, 0.1) is 24.7 Å². The fourth-order valence-corrected chi connectivity index (χ4v) is 4.56. The number of aliphatic hydroxyl groups is 1. The normalized spacial score (nSPS) is 29.1. The molecule has 2 N–H and O–H groups in total. The highest BCUT2D eigenvalue weighted by atomic mass is 16.3. The number of aliphatic hydroxyl groups excluding tert-OH is 1. The average molecular weight is 310 g/mol. The first-order valence-corrected chi connectivity index (χ1v) is 8.45. The van der Waals surface area contributed by atoms with Crippen LogP contribution < -0.4 is 5.32 Å². The number of pyridine rings is 1. The number of fused-ring (bicyclic) bond motifs is 3. The fraction of sp³-hybridized carbons (Fsp3) is 0.474. The van der Waals surface area contributed by atoms with Crippen LogP contribution in [-0.4, -0.2) is 28.6 Å². The van der Waals surface area contributed by atoms with Crippen molar-refractivity contribution < 1.29 is 9.90 Å². The minimum absolute atomic E-state index is 0.0651. The van der Waals surface area contributed by atoms with Crippen molar-refractivity contribution in [3.05, 3.63) is 41.6 Å². The molecule has 0 saturated heterocycles. The van der Waals surface area contributed by atoms with Gasteiger partial charge in [-0.05, 0) is 50.2 Å². The van der Waals surface area contributed by atoms with E-state index in [-0.39, 0.29) is 24.5 Å². The molecule has 2 saturated carbocycles. The van der Waals surface area contributed by atoms with E-state index in [1.165, 1.54) is 12.8 Å². The third-order valence-electron chi connectivity index (χ3n) is 5.70. The zero-order valence-corrected chi connectivity index (χ0v) is 13.3. The van der Waals surface area contributed by atoms with E-state index in [4.69, 9.17) is 0 Å². The van der Waals surface area contributed by atoms with E-state index in [0.717, 1.165) is 23.0 Å². The van der Waals surface area contributed by atoms with Crippen molar-refractivity contribution in [1.29, 1.82) is 0 Å². The van der Waals surface area contributed by atoms with Crippen molar-refractivity contribution in [1.82, 2.24) is 10.3 Å². The van der Waals surface area contributed by atoms with Crippen LogP contribution in [0.3, 0.4) is 0 Å². The van der Waals surface area contributed by atoms with Crippen molar-refractivity contribution in [3.63, 3.8) is 0 Å². The van der Waals surface area contributed by atoms with Gasteiger partial charge in [0.1, 0.15) is 0 Å². The molecule has 23 heavy (non-hydrogen) atoms. The van der Waals surface area contributed by atoms with Crippen LogP contribution in [0.15, 0.2) is 30.3 Å². The summed E-state index contributed by atoms with van der Waals surface area (Å²) < 4.78 is 0. The maximum Gasteiger partial charge on any atom is 0.253 e. The van der Waals surface area contributed by atoms with Gasteiger partial charge < -0.3 is 10.4 Å². The molecule has 1 aromatic heterocycles. The summed E-state index contributed by atoms with van der Waals surface area (Å²) in [7, 11) is 0. The fourth-order valence-electron chi connectivity index (χ4n) is 4.56. The van der Waals surface area contributed by atoms with Gasteiger partial charge in [0.25, 0.3) is 5.91 Å². The van der Waals surface area contributed by atoms with Gasteiger partial charge in [-0.1, -0.05) is 18.2 Å². The predicted octanol–water partition coefficient (Wildman–Crippen LogP) is 2.68. The maximum absolute atomic E-state index is 12.8. The van der Waals surface area contributed by atoms with Gasteiger partial charge >= 0.3 is 0 Å². The van der Waals surface area contributed by atoms with Crippen LogP contribution in [0.25, 0.3) is 10.9 Å². The molecule has 2 fully saturated rings. The third-order valence-corrected chi connectivity index (χ3v) is 5.70. The number of hydrogen-bond acceptors (Lipinski definition) is 3. The van der Waals surface area contributed by atoms with Crippen molar-refractivity contribution in [2.75, 3.05) is 6.61 Å². The summed E-state index contributed by atoms with van der Waals surface area (Å²) in [4.78, 5) is 17.4. The molecule has 2 aromatic rings. The molecule has 4 atom stereocenters. The number of aryl methyl sites for hydroxylation is 1. The van der Waals surface area contributed by atoms with Gasteiger partial charge in [-0.2, -0.15) is 0 Å². The summed E-state index contributed by atoms with van der Waals surface area (Å²) in [6, 6.07) is 9.78. The molecule has 1 aromatic carbocycles. The minimum atomic E-state index is -0.0651. The lowest BCUT2D eigenvalue weighted by Crippen LogP contribution is -2.45. The largest absolute Gasteiger partial charge is 0.396 e. The van der Waals surface area contributed by atoms with E-state index in [0.29, 0.717) is 17.4 Å². The lowest BCUT2D eigenvalue weighted by Gasteiger charge is -2.30. The molecule has 0 spiro atoms. The minimum Gasteiger partial charge on any atom is -0.396 e. The number of hydrogen-bond donors (Lipinski definition) is 2. The van der Waals surface area contributed by atoms with Crippen molar-refractivity contribution in [3.8, 4) is 0 Å². The Hall–Kier alpha value is -1.94. The van der Waals surface area contributed by atoms with E-state index in [1.807, 2.05) is 37.3 Å². The second-order valence-corrected chi connectivity index (χ2v) is 7.01. The molecule has 2 aliphatic rings. The van der Waals surface area contributed by atoms with Crippen LogP contribution in [-0.2, 0) is 0 Å². The first kappa shape index (κ1) is 14.6. The highest BCUT2D eigenvalue weighted by Crippen LogP contribution is 2.48. The topological polar surface area (TPSA) is 62.2 Å². The van der Waals surface area contributed by atoms with Gasteiger partial charge in [-0.15, -0.1) is 0 Å².